The van der Waals surface area contributed by atoms with Crippen molar-refractivity contribution in [1.29, 1.82) is 0 Å². The highest BCUT2D eigenvalue weighted by Gasteiger charge is 2.24. The summed E-state index contributed by atoms with van der Waals surface area (Å²) in [6, 6.07) is 17.3. The third-order valence-electron chi connectivity index (χ3n) is 4.86. The van der Waals surface area contributed by atoms with Crippen molar-refractivity contribution in [3.63, 3.8) is 0 Å². The zero-order valence-electron chi connectivity index (χ0n) is 19.0. The van der Waals surface area contributed by atoms with Crippen LogP contribution in [0, 0.1) is 9.39 Å². The Bertz CT molecular complexity index is 1300. The third-order valence-corrected chi connectivity index (χ3v) is 6.57. The van der Waals surface area contributed by atoms with Crippen LogP contribution in [0.25, 0.3) is 6.08 Å². The van der Waals surface area contributed by atoms with Crippen LogP contribution >= 0.6 is 34.4 Å². The van der Waals surface area contributed by atoms with Crippen LogP contribution in [0.2, 0.25) is 0 Å². The van der Waals surface area contributed by atoms with E-state index in [9.17, 15) is 9.18 Å². The van der Waals surface area contributed by atoms with Crippen LogP contribution in [0.3, 0.4) is 0 Å². The first-order chi connectivity index (χ1) is 16.9. The molecule has 1 aliphatic heterocycles. The molecule has 180 valence electrons. The van der Waals surface area contributed by atoms with E-state index in [0.717, 1.165) is 20.4 Å². The van der Waals surface area contributed by atoms with Crippen molar-refractivity contribution in [2.75, 3.05) is 13.7 Å². The SMILES string of the molecule is CCOc1cc(/C=C2/SC(=Nc3ccc(OC)cc3)NC2=O)cc(I)c1OCc1cccc(F)c1. The number of rotatable bonds is 8. The van der Waals surface area contributed by atoms with Gasteiger partial charge in [0.15, 0.2) is 16.7 Å². The Kier molecular flexibility index (Phi) is 8.29. The van der Waals surface area contributed by atoms with Crippen molar-refractivity contribution in [2.24, 2.45) is 4.99 Å². The van der Waals surface area contributed by atoms with Gasteiger partial charge in [0, 0.05) is 0 Å². The fourth-order valence-electron chi connectivity index (χ4n) is 3.26. The number of halogens is 2. The summed E-state index contributed by atoms with van der Waals surface area (Å²) in [5.41, 5.74) is 2.22. The molecular weight excluding hydrogens is 582 g/mol. The Morgan fingerprint density at radius 1 is 1.11 bits per heavy atom. The van der Waals surface area contributed by atoms with Gasteiger partial charge in [0.25, 0.3) is 5.91 Å². The average molecular weight is 604 g/mol. The number of amidine groups is 1. The van der Waals surface area contributed by atoms with E-state index < -0.39 is 0 Å². The number of aliphatic imine (C=N–C) groups is 1. The predicted molar refractivity (Wildman–Crippen MR) is 145 cm³/mol. The van der Waals surface area contributed by atoms with E-state index in [1.807, 2.05) is 43.3 Å². The standard InChI is InChI=1S/C26H22FIN2O4S/c1-3-33-22-13-17(12-21(28)24(22)34-15-16-5-4-6-18(27)11-16)14-23-25(31)30-26(35-23)29-19-7-9-20(32-2)10-8-19/h4-14H,3,15H2,1-2H3,(H,29,30,31)/b23-14+. The lowest BCUT2D eigenvalue weighted by Crippen LogP contribution is -2.19. The second-order valence-electron chi connectivity index (χ2n) is 7.36. The Morgan fingerprint density at radius 2 is 1.91 bits per heavy atom. The highest BCUT2D eigenvalue weighted by molar-refractivity contribution is 14.1. The van der Waals surface area contributed by atoms with Gasteiger partial charge in [-0.15, -0.1) is 0 Å². The first-order valence-corrected chi connectivity index (χ1v) is 12.6. The highest BCUT2D eigenvalue weighted by atomic mass is 127. The molecule has 6 nitrogen and oxygen atoms in total. The maximum Gasteiger partial charge on any atom is 0.264 e. The minimum atomic E-state index is -0.310. The fraction of sp³-hybridized carbons (Fsp3) is 0.154. The summed E-state index contributed by atoms with van der Waals surface area (Å²) >= 11 is 3.43. The predicted octanol–water partition coefficient (Wildman–Crippen LogP) is 6.31. The molecule has 3 aromatic rings. The summed E-state index contributed by atoms with van der Waals surface area (Å²) in [5, 5.41) is 3.30. The number of methoxy groups -OCH3 is 1. The number of benzene rings is 3. The van der Waals surface area contributed by atoms with Crippen LogP contribution < -0.4 is 19.5 Å². The number of hydrogen-bond acceptors (Lipinski definition) is 6. The van der Waals surface area contributed by atoms with Crippen LogP contribution in [0.1, 0.15) is 18.1 Å². The molecular formula is C26H22FIN2O4S. The molecule has 1 heterocycles. The maximum atomic E-state index is 13.5. The van der Waals surface area contributed by atoms with Crippen LogP contribution in [-0.4, -0.2) is 24.8 Å². The number of amides is 1. The monoisotopic (exact) mass is 604 g/mol. The van der Waals surface area contributed by atoms with Crippen molar-refractivity contribution >= 4 is 57.2 Å². The Hall–Kier alpha value is -3.05. The number of hydrogen-bond donors (Lipinski definition) is 1. The molecule has 4 rings (SSSR count). The summed E-state index contributed by atoms with van der Waals surface area (Å²) < 4.78 is 31.2. The molecule has 1 aliphatic rings. The van der Waals surface area contributed by atoms with Crippen molar-refractivity contribution in [1.82, 2.24) is 5.32 Å². The summed E-state index contributed by atoms with van der Waals surface area (Å²) in [4.78, 5) is 17.5. The first kappa shape index (κ1) is 25.1. The first-order valence-electron chi connectivity index (χ1n) is 10.7. The van der Waals surface area contributed by atoms with Crippen molar-refractivity contribution < 1.29 is 23.4 Å². The molecule has 1 fully saturated rings. The smallest absolute Gasteiger partial charge is 0.264 e. The topological polar surface area (TPSA) is 69.2 Å². The van der Waals surface area contributed by atoms with Gasteiger partial charge in [-0.05, 0) is 107 Å². The molecule has 35 heavy (non-hydrogen) atoms. The van der Waals surface area contributed by atoms with E-state index in [1.165, 1.54) is 23.9 Å². The zero-order valence-corrected chi connectivity index (χ0v) is 22.0. The molecule has 0 unspecified atom stereocenters. The van der Waals surface area contributed by atoms with Gasteiger partial charge in [-0.25, -0.2) is 9.38 Å². The summed E-state index contributed by atoms with van der Waals surface area (Å²) in [6.07, 6.45) is 1.79. The van der Waals surface area contributed by atoms with E-state index >= 15 is 0 Å². The Labute approximate surface area is 220 Å². The van der Waals surface area contributed by atoms with Crippen molar-refractivity contribution in [3.8, 4) is 17.2 Å². The third kappa shape index (κ3) is 6.55. The fourth-order valence-corrected chi connectivity index (χ4v) is 4.89. The van der Waals surface area contributed by atoms with Crippen molar-refractivity contribution in [3.05, 3.63) is 86.1 Å². The van der Waals surface area contributed by atoms with Crippen molar-refractivity contribution in [2.45, 2.75) is 13.5 Å². The number of carbonyl (C=O) groups excluding carboxylic acids is 1. The molecule has 0 atom stereocenters. The number of carbonyl (C=O) groups is 1. The quantitative estimate of drug-likeness (QED) is 0.241. The summed E-state index contributed by atoms with van der Waals surface area (Å²) in [6.45, 7) is 2.54. The van der Waals surface area contributed by atoms with E-state index in [-0.39, 0.29) is 18.3 Å². The zero-order chi connectivity index (χ0) is 24.8. The van der Waals surface area contributed by atoms with Gasteiger partial charge in [0.2, 0.25) is 0 Å². The Morgan fingerprint density at radius 3 is 2.63 bits per heavy atom. The number of thioether (sulfide) groups is 1. The molecule has 0 aliphatic carbocycles. The van der Waals surface area contributed by atoms with Gasteiger partial charge in [-0.1, -0.05) is 12.1 Å². The Balaban J connectivity index is 1.54. The second-order valence-corrected chi connectivity index (χ2v) is 9.55. The van der Waals surface area contributed by atoms with Gasteiger partial charge >= 0.3 is 0 Å². The normalized spacial score (nSPS) is 15.4. The van der Waals surface area contributed by atoms with E-state index in [4.69, 9.17) is 14.2 Å². The largest absolute Gasteiger partial charge is 0.497 e. The summed E-state index contributed by atoms with van der Waals surface area (Å²) in [7, 11) is 1.60. The minimum absolute atomic E-state index is 0.206. The molecule has 1 amide bonds. The lowest BCUT2D eigenvalue weighted by Gasteiger charge is -2.15. The molecule has 0 aromatic heterocycles. The van der Waals surface area contributed by atoms with Crippen LogP contribution in [0.5, 0.6) is 17.2 Å². The van der Waals surface area contributed by atoms with E-state index in [1.54, 1.807) is 25.3 Å². The van der Waals surface area contributed by atoms with Crippen LogP contribution in [-0.2, 0) is 11.4 Å². The highest BCUT2D eigenvalue weighted by Crippen LogP contribution is 2.37. The lowest BCUT2D eigenvalue weighted by molar-refractivity contribution is -0.115. The molecule has 0 saturated carbocycles. The van der Waals surface area contributed by atoms with Gasteiger partial charge in [0.05, 0.1) is 27.9 Å². The van der Waals surface area contributed by atoms with Crippen LogP contribution in [0.15, 0.2) is 70.6 Å². The molecule has 1 N–H and O–H groups in total. The number of nitrogens with one attached hydrogen (secondary N) is 1. The molecule has 0 spiro atoms. The minimum Gasteiger partial charge on any atom is -0.497 e. The molecule has 0 bridgehead atoms. The van der Waals surface area contributed by atoms with Gasteiger partial charge in [-0.3, -0.25) is 4.79 Å². The van der Waals surface area contributed by atoms with Gasteiger partial charge < -0.3 is 19.5 Å². The molecule has 1 saturated heterocycles. The van der Waals surface area contributed by atoms with Gasteiger partial charge in [-0.2, -0.15) is 0 Å². The maximum absolute atomic E-state index is 13.5. The number of nitrogens with zero attached hydrogens (tertiary/aromatic N) is 1. The van der Waals surface area contributed by atoms with Crippen LogP contribution in [0.4, 0.5) is 10.1 Å². The van der Waals surface area contributed by atoms with Gasteiger partial charge in [0.1, 0.15) is 18.2 Å². The molecule has 9 heteroatoms. The summed E-state index contributed by atoms with van der Waals surface area (Å²) in [5.74, 6) is 1.33. The van der Waals surface area contributed by atoms with E-state index in [2.05, 4.69) is 32.9 Å². The van der Waals surface area contributed by atoms with E-state index in [0.29, 0.717) is 33.9 Å². The average Bonchev–Trinajstić information content (AvgIpc) is 3.17. The molecule has 0 radical (unpaired) electrons. The lowest BCUT2D eigenvalue weighted by atomic mass is 10.1. The molecule has 3 aromatic carbocycles. The second kappa shape index (κ2) is 11.6. The number of ether oxygens (including phenoxy) is 3.